The molecule has 0 aromatic heterocycles. The molecule has 0 spiro atoms. The van der Waals surface area contributed by atoms with Crippen molar-refractivity contribution in [2.45, 2.75) is 5.92 Å². The van der Waals surface area contributed by atoms with Crippen molar-refractivity contribution in [1.29, 1.82) is 5.26 Å². The van der Waals surface area contributed by atoms with E-state index in [0.717, 1.165) is 15.6 Å². The summed E-state index contributed by atoms with van der Waals surface area (Å²) in [5.41, 5.74) is 8.13. The molecule has 6 heteroatoms. The van der Waals surface area contributed by atoms with E-state index in [4.69, 9.17) is 19.9 Å². The van der Waals surface area contributed by atoms with Crippen LogP contribution < -0.4 is 19.9 Å². The van der Waals surface area contributed by atoms with Crippen molar-refractivity contribution in [3.63, 3.8) is 0 Å². The number of ether oxygens (including phenoxy) is 3. The second-order valence-electron chi connectivity index (χ2n) is 5.22. The number of nitriles is 1. The predicted molar refractivity (Wildman–Crippen MR) is 86.0 cm³/mol. The highest BCUT2D eigenvalue weighted by atomic mass is 79.9. The maximum absolute atomic E-state index is 9.55. The van der Waals surface area contributed by atoms with Crippen LogP contribution in [0.5, 0.6) is 17.2 Å². The zero-order valence-corrected chi connectivity index (χ0v) is 13.5. The van der Waals surface area contributed by atoms with Crippen LogP contribution in [-0.2, 0) is 0 Å². The molecule has 2 N–H and O–H groups in total. The summed E-state index contributed by atoms with van der Waals surface area (Å²) in [6.07, 6.45) is 0. The molecule has 2 aliphatic heterocycles. The molecule has 0 saturated heterocycles. The Bertz CT molecular complexity index is 886. The molecule has 2 heterocycles. The fourth-order valence-corrected chi connectivity index (χ4v) is 3.29. The van der Waals surface area contributed by atoms with Gasteiger partial charge in [-0.05, 0) is 23.8 Å². The second kappa shape index (κ2) is 5.21. The minimum absolute atomic E-state index is 0.115. The second-order valence-corrected chi connectivity index (χ2v) is 6.14. The van der Waals surface area contributed by atoms with Crippen molar-refractivity contribution in [3.05, 3.63) is 63.5 Å². The van der Waals surface area contributed by atoms with Gasteiger partial charge in [0.05, 0.1) is 5.92 Å². The van der Waals surface area contributed by atoms with Crippen molar-refractivity contribution in [2.24, 2.45) is 5.73 Å². The largest absolute Gasteiger partial charge is 0.454 e. The summed E-state index contributed by atoms with van der Waals surface area (Å²) in [7, 11) is 0. The number of fused-ring (bicyclic) bond motifs is 2. The monoisotopic (exact) mass is 370 g/mol. The normalized spacial score (nSPS) is 18.2. The summed E-state index contributed by atoms with van der Waals surface area (Å²) in [4.78, 5) is 0. The number of allylic oxidation sites excluding steroid dienone is 1. The Morgan fingerprint density at radius 3 is 2.65 bits per heavy atom. The Balaban J connectivity index is 1.94. The summed E-state index contributed by atoms with van der Waals surface area (Å²) < 4.78 is 17.4. The van der Waals surface area contributed by atoms with Crippen molar-refractivity contribution in [1.82, 2.24) is 0 Å². The number of rotatable bonds is 1. The summed E-state index contributed by atoms with van der Waals surface area (Å²) >= 11 is 3.47. The molecule has 1 atom stereocenters. The highest BCUT2D eigenvalue weighted by molar-refractivity contribution is 9.10. The predicted octanol–water partition coefficient (Wildman–Crippen LogP) is 3.40. The zero-order chi connectivity index (χ0) is 16.0. The smallest absolute Gasteiger partial charge is 0.231 e. The molecule has 2 aliphatic rings. The van der Waals surface area contributed by atoms with Crippen LogP contribution in [0.2, 0.25) is 0 Å². The third-order valence-corrected chi connectivity index (χ3v) is 4.39. The number of nitrogens with zero attached hydrogens (tertiary/aromatic N) is 1. The fourth-order valence-electron chi connectivity index (χ4n) is 2.88. The number of benzene rings is 2. The Morgan fingerprint density at radius 2 is 1.91 bits per heavy atom. The Morgan fingerprint density at radius 1 is 1.13 bits per heavy atom. The lowest BCUT2D eigenvalue weighted by molar-refractivity contribution is 0.174. The first-order chi connectivity index (χ1) is 11.2. The van der Waals surface area contributed by atoms with Gasteiger partial charge in [-0.25, -0.2) is 0 Å². The van der Waals surface area contributed by atoms with Gasteiger partial charge in [0.2, 0.25) is 12.7 Å². The van der Waals surface area contributed by atoms with Gasteiger partial charge in [-0.3, -0.25) is 0 Å². The van der Waals surface area contributed by atoms with E-state index in [0.29, 0.717) is 22.8 Å². The Kier molecular flexibility index (Phi) is 3.17. The first-order valence-corrected chi connectivity index (χ1v) is 7.73. The lowest BCUT2D eigenvalue weighted by Gasteiger charge is -2.26. The lowest BCUT2D eigenvalue weighted by Crippen LogP contribution is -2.21. The SMILES string of the molecule is N#CC1=C(N)Oc2cc3c(cc2C1c1cccc(Br)c1)OCO3. The molecule has 0 bridgehead atoms. The molecule has 0 amide bonds. The number of hydrogen-bond acceptors (Lipinski definition) is 5. The van der Waals surface area contributed by atoms with Gasteiger partial charge in [0.25, 0.3) is 0 Å². The molecule has 23 heavy (non-hydrogen) atoms. The zero-order valence-electron chi connectivity index (χ0n) is 11.9. The average molecular weight is 371 g/mol. The van der Waals surface area contributed by atoms with Gasteiger partial charge >= 0.3 is 0 Å². The molecule has 2 aromatic carbocycles. The molecule has 1 unspecified atom stereocenters. The van der Waals surface area contributed by atoms with Crippen LogP contribution in [0.1, 0.15) is 17.0 Å². The number of halogens is 1. The molecule has 0 fully saturated rings. The van der Waals surface area contributed by atoms with Gasteiger partial charge in [-0.15, -0.1) is 0 Å². The van der Waals surface area contributed by atoms with E-state index in [1.54, 1.807) is 6.07 Å². The summed E-state index contributed by atoms with van der Waals surface area (Å²) in [6, 6.07) is 13.6. The average Bonchev–Trinajstić information content (AvgIpc) is 2.98. The van der Waals surface area contributed by atoms with E-state index >= 15 is 0 Å². The maximum atomic E-state index is 9.55. The topological polar surface area (TPSA) is 77.5 Å². The first kappa shape index (κ1) is 14.0. The van der Waals surface area contributed by atoms with E-state index in [1.165, 1.54) is 0 Å². The molecule has 0 radical (unpaired) electrons. The molecule has 0 saturated carbocycles. The third kappa shape index (κ3) is 2.21. The van der Waals surface area contributed by atoms with Crippen LogP contribution in [0.15, 0.2) is 52.3 Å². The fraction of sp³-hybridized carbons (Fsp3) is 0.118. The van der Waals surface area contributed by atoms with Gasteiger partial charge in [-0.1, -0.05) is 28.1 Å². The minimum Gasteiger partial charge on any atom is -0.454 e. The molecule has 4 rings (SSSR count). The highest BCUT2D eigenvalue weighted by Gasteiger charge is 2.33. The van der Waals surface area contributed by atoms with E-state index in [1.807, 2.05) is 30.3 Å². The van der Waals surface area contributed by atoms with E-state index in [2.05, 4.69) is 22.0 Å². The van der Waals surface area contributed by atoms with Crippen molar-refractivity contribution < 1.29 is 14.2 Å². The van der Waals surface area contributed by atoms with E-state index in [9.17, 15) is 5.26 Å². The quantitative estimate of drug-likeness (QED) is 0.832. The van der Waals surface area contributed by atoms with Crippen LogP contribution in [0.3, 0.4) is 0 Å². The van der Waals surface area contributed by atoms with Gasteiger partial charge < -0.3 is 19.9 Å². The molecular formula is C17H11BrN2O3. The molecule has 5 nitrogen and oxygen atoms in total. The number of hydrogen-bond donors (Lipinski definition) is 1. The highest BCUT2D eigenvalue weighted by Crippen LogP contribution is 2.47. The van der Waals surface area contributed by atoms with E-state index in [-0.39, 0.29) is 18.6 Å². The minimum atomic E-state index is -0.309. The summed E-state index contributed by atoms with van der Waals surface area (Å²) in [5.74, 6) is 1.64. The maximum Gasteiger partial charge on any atom is 0.231 e. The summed E-state index contributed by atoms with van der Waals surface area (Å²) in [6.45, 7) is 0.174. The van der Waals surface area contributed by atoms with Crippen LogP contribution in [0.4, 0.5) is 0 Å². The first-order valence-electron chi connectivity index (χ1n) is 6.94. The van der Waals surface area contributed by atoms with Gasteiger partial charge in [-0.2, -0.15) is 5.26 Å². The Labute approximate surface area is 141 Å². The van der Waals surface area contributed by atoms with Gasteiger partial charge in [0, 0.05) is 16.1 Å². The summed E-state index contributed by atoms with van der Waals surface area (Å²) in [5, 5.41) is 9.55. The van der Waals surface area contributed by atoms with Crippen molar-refractivity contribution in [2.75, 3.05) is 6.79 Å². The van der Waals surface area contributed by atoms with Crippen LogP contribution in [0.25, 0.3) is 0 Å². The van der Waals surface area contributed by atoms with Crippen molar-refractivity contribution in [3.8, 4) is 23.3 Å². The molecule has 0 aliphatic carbocycles. The number of nitrogens with two attached hydrogens (primary N) is 1. The molecule has 114 valence electrons. The Hall–Kier alpha value is -2.65. The van der Waals surface area contributed by atoms with Crippen LogP contribution in [0, 0.1) is 11.3 Å². The van der Waals surface area contributed by atoms with Gasteiger partial charge in [0.1, 0.15) is 17.4 Å². The van der Waals surface area contributed by atoms with Crippen LogP contribution in [-0.4, -0.2) is 6.79 Å². The van der Waals surface area contributed by atoms with Crippen LogP contribution >= 0.6 is 15.9 Å². The standard InChI is InChI=1S/C17H11BrN2O3/c18-10-3-1-2-9(4-10)16-11-5-14-15(22-8-21-14)6-13(11)23-17(20)12(16)7-19/h1-6,16H,8,20H2. The molecule has 2 aromatic rings. The van der Waals surface area contributed by atoms with Gasteiger partial charge in [0.15, 0.2) is 11.5 Å². The van der Waals surface area contributed by atoms with Crippen molar-refractivity contribution >= 4 is 15.9 Å². The lowest BCUT2D eigenvalue weighted by atomic mass is 9.83. The molecular weight excluding hydrogens is 360 g/mol. The third-order valence-electron chi connectivity index (χ3n) is 3.89. The van der Waals surface area contributed by atoms with E-state index < -0.39 is 0 Å².